The number of rotatable bonds is 9. The van der Waals surface area contributed by atoms with E-state index in [1.54, 1.807) is 68.7 Å². The summed E-state index contributed by atoms with van der Waals surface area (Å²) in [5, 5.41) is 10.2. The molecule has 0 aliphatic carbocycles. The van der Waals surface area contributed by atoms with E-state index in [2.05, 4.69) is 20.7 Å². The molecule has 0 aliphatic rings. The van der Waals surface area contributed by atoms with Crippen LogP contribution < -0.4 is 15.4 Å². The molecule has 0 spiro atoms. The molecule has 41 heavy (non-hydrogen) atoms. The number of esters is 1. The van der Waals surface area contributed by atoms with Gasteiger partial charge in [-0.2, -0.15) is 0 Å². The number of benzene rings is 2. The van der Waals surface area contributed by atoms with Crippen molar-refractivity contribution in [2.24, 2.45) is 0 Å². The predicted molar refractivity (Wildman–Crippen MR) is 153 cm³/mol. The Morgan fingerprint density at radius 3 is 2.56 bits per heavy atom. The van der Waals surface area contributed by atoms with Crippen LogP contribution in [-0.4, -0.2) is 51.9 Å². The summed E-state index contributed by atoms with van der Waals surface area (Å²) in [4.78, 5) is 42.5. The van der Waals surface area contributed by atoms with Gasteiger partial charge in [0.05, 0.1) is 25.7 Å². The predicted octanol–water partition coefficient (Wildman–Crippen LogP) is 4.79. The van der Waals surface area contributed by atoms with Crippen LogP contribution in [0.4, 0.5) is 10.5 Å². The van der Waals surface area contributed by atoms with Crippen LogP contribution in [0.1, 0.15) is 49.3 Å². The summed E-state index contributed by atoms with van der Waals surface area (Å²) in [5.74, 6) is -0.0674. The summed E-state index contributed by atoms with van der Waals surface area (Å²) < 4.78 is 17.3. The van der Waals surface area contributed by atoms with Gasteiger partial charge in [-0.15, -0.1) is 5.10 Å². The van der Waals surface area contributed by atoms with E-state index in [-0.39, 0.29) is 25.3 Å². The highest BCUT2D eigenvalue weighted by Gasteiger charge is 2.20. The lowest BCUT2D eigenvalue weighted by molar-refractivity contribution is -0.142. The first-order valence-corrected chi connectivity index (χ1v) is 13.1. The fourth-order valence-electron chi connectivity index (χ4n) is 4.03. The summed E-state index contributed by atoms with van der Waals surface area (Å²) in [6.07, 6.45) is 1.18. The molecule has 4 rings (SSSR count). The third-order valence-corrected chi connectivity index (χ3v) is 5.83. The fraction of sp³-hybridized carbons (Fsp3) is 0.300. The highest BCUT2D eigenvalue weighted by Crippen LogP contribution is 2.25. The van der Waals surface area contributed by atoms with Crippen molar-refractivity contribution in [1.82, 2.24) is 19.9 Å². The highest BCUT2D eigenvalue weighted by molar-refractivity contribution is 6.08. The number of hydrogen-bond acceptors (Lipinski definition) is 8. The molecule has 0 radical (unpaired) electrons. The third kappa shape index (κ3) is 7.59. The van der Waals surface area contributed by atoms with Crippen molar-refractivity contribution < 1.29 is 28.6 Å². The number of carbonyl (C=O) groups excluding carboxylic acids is 3. The molecule has 2 amide bonds. The van der Waals surface area contributed by atoms with Crippen LogP contribution in [0.15, 0.2) is 60.8 Å². The molecule has 2 aromatic carbocycles. The van der Waals surface area contributed by atoms with Gasteiger partial charge in [-0.1, -0.05) is 24.3 Å². The number of fused-ring (bicyclic) bond motifs is 1. The Balaban J connectivity index is 1.62. The molecule has 4 aromatic rings. The van der Waals surface area contributed by atoms with Crippen LogP contribution in [0.3, 0.4) is 0 Å². The quantitative estimate of drug-likeness (QED) is 0.280. The lowest BCUT2D eigenvalue weighted by atomic mass is 10.1. The zero-order valence-corrected chi connectivity index (χ0v) is 23.7. The molecule has 0 unspecified atom stereocenters. The Morgan fingerprint density at radius 1 is 1.02 bits per heavy atom. The zero-order valence-electron chi connectivity index (χ0n) is 23.7. The topological polar surface area (TPSA) is 133 Å². The van der Waals surface area contributed by atoms with Crippen LogP contribution in [0, 0.1) is 0 Å². The third-order valence-electron chi connectivity index (χ3n) is 5.83. The molecule has 0 saturated carbocycles. The molecule has 214 valence electrons. The number of carbonyl (C=O) groups is 3. The molecule has 2 aromatic heterocycles. The van der Waals surface area contributed by atoms with Gasteiger partial charge < -0.3 is 24.8 Å². The number of ether oxygens (including phenoxy) is 3. The summed E-state index contributed by atoms with van der Waals surface area (Å²) in [7, 11) is 1.52. The lowest BCUT2D eigenvalue weighted by Crippen LogP contribution is -2.32. The molecular formula is C30H33N5O6. The second-order valence-corrected chi connectivity index (χ2v) is 10.1. The van der Waals surface area contributed by atoms with Gasteiger partial charge in [0.2, 0.25) is 0 Å². The summed E-state index contributed by atoms with van der Waals surface area (Å²) in [5.41, 5.74) is 2.47. The smallest absolute Gasteiger partial charge is 0.407 e. The van der Waals surface area contributed by atoms with Crippen molar-refractivity contribution in [1.29, 1.82) is 0 Å². The van der Waals surface area contributed by atoms with E-state index in [0.717, 1.165) is 5.56 Å². The minimum absolute atomic E-state index is 0.0207. The first-order chi connectivity index (χ1) is 19.6. The largest absolute Gasteiger partial charge is 0.497 e. The van der Waals surface area contributed by atoms with E-state index >= 15 is 0 Å². The van der Waals surface area contributed by atoms with E-state index in [1.165, 1.54) is 7.11 Å². The number of methoxy groups -OCH3 is 1. The Bertz CT molecular complexity index is 1570. The molecule has 11 heteroatoms. The number of nitrogens with one attached hydrogen (secondary N) is 2. The molecule has 0 aliphatic heterocycles. The van der Waals surface area contributed by atoms with Gasteiger partial charge in [0.15, 0.2) is 11.5 Å². The average Bonchev–Trinajstić information content (AvgIpc) is 3.40. The van der Waals surface area contributed by atoms with E-state index in [1.807, 2.05) is 24.3 Å². The number of alkyl carbamates (subject to hydrolysis) is 1. The van der Waals surface area contributed by atoms with E-state index in [9.17, 15) is 14.4 Å². The maximum absolute atomic E-state index is 13.6. The minimum Gasteiger partial charge on any atom is -0.497 e. The van der Waals surface area contributed by atoms with E-state index in [0.29, 0.717) is 33.9 Å². The Hall–Kier alpha value is -4.93. The Morgan fingerprint density at radius 2 is 1.83 bits per heavy atom. The SMILES string of the molecule is CCOC(=O)Cc1ccc(OC)cc1NC(=O)c1nc(-c2cccc(CNC(=O)OC(C)(C)C)c2)nn2cccc12. The number of amides is 2. The van der Waals surface area contributed by atoms with Crippen LogP contribution in [0.25, 0.3) is 16.9 Å². The van der Waals surface area contributed by atoms with Gasteiger partial charge in [-0.05, 0) is 63.1 Å². The molecular weight excluding hydrogens is 526 g/mol. The molecule has 2 heterocycles. The highest BCUT2D eigenvalue weighted by atomic mass is 16.6. The van der Waals surface area contributed by atoms with Gasteiger partial charge in [-0.25, -0.2) is 14.3 Å². The van der Waals surface area contributed by atoms with Crippen molar-refractivity contribution in [2.75, 3.05) is 19.0 Å². The van der Waals surface area contributed by atoms with Gasteiger partial charge in [-0.3, -0.25) is 9.59 Å². The molecule has 2 N–H and O–H groups in total. The number of nitrogens with zero attached hydrogens (tertiary/aromatic N) is 3. The average molecular weight is 560 g/mol. The van der Waals surface area contributed by atoms with E-state index < -0.39 is 23.6 Å². The maximum atomic E-state index is 13.6. The van der Waals surface area contributed by atoms with Crippen molar-refractivity contribution in [3.63, 3.8) is 0 Å². The summed E-state index contributed by atoms with van der Waals surface area (Å²) >= 11 is 0. The second-order valence-electron chi connectivity index (χ2n) is 10.1. The number of hydrogen-bond donors (Lipinski definition) is 2. The number of aromatic nitrogens is 3. The first kappa shape index (κ1) is 29.1. The zero-order chi connectivity index (χ0) is 29.6. The van der Waals surface area contributed by atoms with Gasteiger partial charge in [0.25, 0.3) is 5.91 Å². The van der Waals surface area contributed by atoms with Gasteiger partial charge in [0.1, 0.15) is 11.4 Å². The Labute approximate surface area is 237 Å². The Kier molecular flexibility index (Phi) is 8.86. The van der Waals surface area contributed by atoms with Crippen molar-refractivity contribution in [2.45, 2.75) is 46.3 Å². The van der Waals surface area contributed by atoms with E-state index in [4.69, 9.17) is 14.2 Å². The van der Waals surface area contributed by atoms with Gasteiger partial charge in [0, 0.05) is 30.1 Å². The first-order valence-electron chi connectivity index (χ1n) is 13.1. The normalized spacial score (nSPS) is 11.1. The molecule has 0 bridgehead atoms. The van der Waals surface area contributed by atoms with Crippen LogP contribution in [0.2, 0.25) is 0 Å². The van der Waals surface area contributed by atoms with Crippen LogP contribution in [0.5, 0.6) is 5.75 Å². The van der Waals surface area contributed by atoms with Crippen molar-refractivity contribution in [3.8, 4) is 17.1 Å². The summed E-state index contributed by atoms with van der Waals surface area (Å²) in [6, 6.07) is 15.9. The van der Waals surface area contributed by atoms with Crippen molar-refractivity contribution in [3.05, 3.63) is 77.6 Å². The lowest BCUT2D eigenvalue weighted by Gasteiger charge is -2.19. The monoisotopic (exact) mass is 559 g/mol. The molecule has 0 atom stereocenters. The number of anilines is 1. The van der Waals surface area contributed by atoms with Crippen LogP contribution >= 0.6 is 0 Å². The van der Waals surface area contributed by atoms with Crippen molar-refractivity contribution >= 4 is 29.2 Å². The fourth-order valence-corrected chi connectivity index (χ4v) is 4.03. The minimum atomic E-state index is -0.604. The molecule has 11 nitrogen and oxygen atoms in total. The molecule has 0 saturated heterocycles. The second kappa shape index (κ2) is 12.5. The molecule has 0 fully saturated rings. The summed E-state index contributed by atoms with van der Waals surface area (Å²) in [6.45, 7) is 7.62. The standard InChI is InChI=1S/C30H33N5O6/c1-6-40-25(36)16-20-12-13-22(39-5)17-23(20)32-28(37)26-24-11-8-14-35(24)34-27(33-26)21-10-7-9-19(15-21)18-31-29(38)41-30(2,3)4/h7-15,17H,6,16,18H2,1-5H3,(H,31,38)(H,32,37). The maximum Gasteiger partial charge on any atom is 0.407 e. The van der Waals surface area contributed by atoms with Crippen LogP contribution in [-0.2, 0) is 27.2 Å². The van der Waals surface area contributed by atoms with Gasteiger partial charge >= 0.3 is 12.1 Å².